The molecule has 1 aromatic rings. The van der Waals surface area contributed by atoms with Gasteiger partial charge in [0.05, 0.1) is 6.33 Å². The first kappa shape index (κ1) is 7.00. The number of hydrogen-bond acceptors (Lipinski definition) is 0. The van der Waals surface area contributed by atoms with Crippen molar-refractivity contribution >= 4 is 6.08 Å². The molecule has 0 aliphatic rings. The summed E-state index contributed by atoms with van der Waals surface area (Å²) in [6.07, 6.45) is 2.01. The highest BCUT2D eigenvalue weighted by Crippen LogP contribution is 2.08. The zero-order valence-corrected chi connectivity index (χ0v) is 5.84. The molecule has 0 radical (unpaired) electrons. The van der Waals surface area contributed by atoms with Gasteiger partial charge >= 0.3 is 0 Å². The monoisotopic (exact) mass is 136 g/mol. The van der Waals surface area contributed by atoms with Gasteiger partial charge in [0.1, 0.15) is 0 Å². The molecule has 1 heteroatoms. The first-order valence-electron chi connectivity index (χ1n) is 3.17. The summed E-state index contributed by atoms with van der Waals surface area (Å²) >= 11 is 0. The molecule has 0 spiro atoms. The Morgan fingerprint density at radius 3 is 2.60 bits per heavy atom. The minimum Gasteiger partial charge on any atom is -0.216 e. The second-order valence-corrected chi connectivity index (χ2v) is 2.15. The van der Waals surface area contributed by atoms with Crippen LogP contribution in [0.5, 0.6) is 0 Å². The largest absolute Gasteiger partial charge is 0.216 e. The molecule has 0 saturated carbocycles. The highest BCUT2D eigenvalue weighted by Gasteiger charge is 1.88. The molecule has 0 nitrogen and oxygen atoms in total. The minimum atomic E-state index is 0.558. The van der Waals surface area contributed by atoms with Gasteiger partial charge in [0.15, 0.2) is 0 Å². The predicted octanol–water partition coefficient (Wildman–Crippen LogP) is 2.94. The Bertz CT molecular complexity index is 238. The second-order valence-electron chi connectivity index (χ2n) is 2.15. The molecule has 0 aliphatic heterocycles. The third-order valence-corrected chi connectivity index (χ3v) is 1.43. The van der Waals surface area contributed by atoms with E-state index in [9.17, 15) is 4.39 Å². The van der Waals surface area contributed by atoms with E-state index in [0.717, 1.165) is 11.1 Å². The number of aryl methyl sites for hydroxylation is 1. The molecular weight excluding hydrogens is 127 g/mol. The van der Waals surface area contributed by atoms with Gasteiger partial charge in [0, 0.05) is 0 Å². The second kappa shape index (κ2) is 3.16. The number of halogens is 1. The Morgan fingerprint density at radius 2 is 2.00 bits per heavy atom. The molecule has 0 aliphatic carbocycles. The Kier molecular flexibility index (Phi) is 2.21. The van der Waals surface area contributed by atoms with E-state index >= 15 is 0 Å². The molecule has 0 aromatic heterocycles. The maximum atomic E-state index is 11.7. The number of rotatable bonds is 1. The number of hydrogen-bond donors (Lipinski definition) is 0. The van der Waals surface area contributed by atoms with E-state index in [-0.39, 0.29) is 0 Å². The molecule has 0 fully saturated rings. The van der Waals surface area contributed by atoms with Crippen LogP contribution < -0.4 is 0 Å². The lowest BCUT2D eigenvalue weighted by molar-refractivity contribution is 0.727. The molecule has 0 amide bonds. The number of benzene rings is 1. The van der Waals surface area contributed by atoms with E-state index in [0.29, 0.717) is 6.33 Å². The average molecular weight is 136 g/mol. The standard InChI is InChI=1S/C9H9F/c1-8-4-2-3-5-9(8)6-7-10/h2-7H,1H3. The van der Waals surface area contributed by atoms with Crippen LogP contribution in [0.15, 0.2) is 30.6 Å². The van der Waals surface area contributed by atoms with Gasteiger partial charge in [-0.1, -0.05) is 24.3 Å². The van der Waals surface area contributed by atoms with Crippen LogP contribution in [-0.4, -0.2) is 0 Å². The van der Waals surface area contributed by atoms with Crippen LogP contribution in [0.25, 0.3) is 6.08 Å². The molecule has 0 heterocycles. The SMILES string of the molecule is Cc1ccccc1C=CF. The topological polar surface area (TPSA) is 0 Å². The van der Waals surface area contributed by atoms with E-state index in [1.54, 1.807) is 0 Å². The van der Waals surface area contributed by atoms with Crippen molar-refractivity contribution < 1.29 is 4.39 Å². The fourth-order valence-corrected chi connectivity index (χ4v) is 0.842. The van der Waals surface area contributed by atoms with Crippen molar-refractivity contribution in [1.82, 2.24) is 0 Å². The summed E-state index contributed by atoms with van der Waals surface area (Å²) in [5.41, 5.74) is 2.03. The van der Waals surface area contributed by atoms with E-state index in [2.05, 4.69) is 0 Å². The van der Waals surface area contributed by atoms with E-state index in [4.69, 9.17) is 0 Å². The zero-order valence-electron chi connectivity index (χ0n) is 5.84. The molecule has 10 heavy (non-hydrogen) atoms. The molecule has 1 rings (SSSR count). The van der Waals surface area contributed by atoms with Crippen LogP contribution >= 0.6 is 0 Å². The lowest BCUT2D eigenvalue weighted by Crippen LogP contribution is -1.76. The average Bonchev–Trinajstić information content (AvgIpc) is 1.94. The smallest absolute Gasteiger partial charge is 0.0872 e. The van der Waals surface area contributed by atoms with Crippen LogP contribution in [-0.2, 0) is 0 Å². The maximum Gasteiger partial charge on any atom is 0.0872 e. The Balaban J connectivity index is 3.03. The summed E-state index contributed by atoms with van der Waals surface area (Å²) in [7, 11) is 0. The first-order valence-corrected chi connectivity index (χ1v) is 3.17. The molecule has 0 unspecified atom stereocenters. The van der Waals surface area contributed by atoms with Gasteiger partial charge in [-0.15, -0.1) is 0 Å². The normalized spacial score (nSPS) is 10.6. The van der Waals surface area contributed by atoms with E-state index < -0.39 is 0 Å². The fourth-order valence-electron chi connectivity index (χ4n) is 0.842. The summed E-state index contributed by atoms with van der Waals surface area (Å²) in [4.78, 5) is 0. The lowest BCUT2D eigenvalue weighted by Gasteiger charge is -1.95. The van der Waals surface area contributed by atoms with Crippen molar-refractivity contribution in [2.45, 2.75) is 6.92 Å². The van der Waals surface area contributed by atoms with Crippen molar-refractivity contribution in [2.75, 3.05) is 0 Å². The van der Waals surface area contributed by atoms with Gasteiger partial charge in [-0.05, 0) is 24.1 Å². The third kappa shape index (κ3) is 1.44. The van der Waals surface area contributed by atoms with Gasteiger partial charge in [-0.2, -0.15) is 0 Å². The highest BCUT2D eigenvalue weighted by molar-refractivity contribution is 5.52. The Hall–Kier alpha value is -1.11. The van der Waals surface area contributed by atoms with Crippen molar-refractivity contribution in [3.05, 3.63) is 41.7 Å². The van der Waals surface area contributed by atoms with Crippen LogP contribution in [0.3, 0.4) is 0 Å². The van der Waals surface area contributed by atoms with Crippen LogP contribution in [0.4, 0.5) is 4.39 Å². The molecule has 0 bridgehead atoms. The summed E-state index contributed by atoms with van der Waals surface area (Å²) in [6.45, 7) is 1.95. The Morgan fingerprint density at radius 1 is 1.30 bits per heavy atom. The molecular formula is C9H9F. The molecule has 0 atom stereocenters. The summed E-state index contributed by atoms with van der Waals surface area (Å²) in [5.74, 6) is 0. The zero-order chi connectivity index (χ0) is 7.40. The molecule has 0 saturated heterocycles. The van der Waals surface area contributed by atoms with Crippen molar-refractivity contribution in [1.29, 1.82) is 0 Å². The van der Waals surface area contributed by atoms with Crippen molar-refractivity contribution in [3.63, 3.8) is 0 Å². The van der Waals surface area contributed by atoms with Crippen LogP contribution in [0.2, 0.25) is 0 Å². The van der Waals surface area contributed by atoms with Gasteiger partial charge in [-0.25, -0.2) is 4.39 Å². The van der Waals surface area contributed by atoms with Gasteiger partial charge in [-0.3, -0.25) is 0 Å². The molecule has 1 aromatic carbocycles. The van der Waals surface area contributed by atoms with Crippen LogP contribution in [0.1, 0.15) is 11.1 Å². The first-order chi connectivity index (χ1) is 4.84. The summed E-state index contributed by atoms with van der Waals surface area (Å²) in [5, 5.41) is 0. The molecule has 52 valence electrons. The van der Waals surface area contributed by atoms with E-state index in [1.165, 1.54) is 6.08 Å². The van der Waals surface area contributed by atoms with Gasteiger partial charge in [0.2, 0.25) is 0 Å². The fraction of sp³-hybridized carbons (Fsp3) is 0.111. The predicted molar refractivity (Wildman–Crippen MR) is 41.3 cm³/mol. The van der Waals surface area contributed by atoms with Crippen molar-refractivity contribution in [3.8, 4) is 0 Å². The van der Waals surface area contributed by atoms with Gasteiger partial charge < -0.3 is 0 Å². The van der Waals surface area contributed by atoms with E-state index in [1.807, 2.05) is 31.2 Å². The summed E-state index contributed by atoms with van der Waals surface area (Å²) in [6, 6.07) is 7.66. The third-order valence-electron chi connectivity index (χ3n) is 1.43. The quantitative estimate of drug-likeness (QED) is 0.556. The van der Waals surface area contributed by atoms with Gasteiger partial charge in [0.25, 0.3) is 0 Å². The highest BCUT2D eigenvalue weighted by atomic mass is 19.1. The maximum absolute atomic E-state index is 11.7. The molecule has 0 N–H and O–H groups in total. The lowest BCUT2D eigenvalue weighted by atomic mass is 10.1. The minimum absolute atomic E-state index is 0.558. The Labute approximate surface area is 60.0 Å². The van der Waals surface area contributed by atoms with Crippen molar-refractivity contribution in [2.24, 2.45) is 0 Å². The van der Waals surface area contributed by atoms with Crippen LogP contribution in [0, 0.1) is 6.92 Å². The summed E-state index contributed by atoms with van der Waals surface area (Å²) < 4.78 is 11.7.